The lowest BCUT2D eigenvalue weighted by atomic mass is 10.1. The van der Waals surface area contributed by atoms with Crippen molar-refractivity contribution in [2.75, 3.05) is 5.43 Å². The number of nitrogens with one attached hydrogen (secondary N) is 1. The zero-order valence-electron chi connectivity index (χ0n) is 7.99. The van der Waals surface area contributed by atoms with E-state index in [2.05, 4.69) is 31.5 Å². The molecule has 2 aromatic rings. The van der Waals surface area contributed by atoms with Crippen LogP contribution in [0.3, 0.4) is 0 Å². The molecule has 2 rings (SSSR count). The number of halogens is 1. The molecule has 0 unspecified atom stereocenters. The van der Waals surface area contributed by atoms with Crippen molar-refractivity contribution in [2.45, 2.75) is 6.92 Å². The van der Waals surface area contributed by atoms with E-state index in [1.54, 1.807) is 0 Å². The van der Waals surface area contributed by atoms with Crippen LogP contribution in [0.25, 0.3) is 11.4 Å². The number of hydrogen-bond donors (Lipinski definition) is 2. The van der Waals surface area contributed by atoms with Gasteiger partial charge in [-0.3, -0.25) is 5.43 Å². The fourth-order valence-electron chi connectivity index (χ4n) is 1.13. The summed E-state index contributed by atoms with van der Waals surface area (Å²) in [5.74, 6) is 5.64. The summed E-state index contributed by atoms with van der Waals surface area (Å²) in [5, 5.41) is 3.78. The molecular weight excluding hydrogens is 260 g/mol. The summed E-state index contributed by atoms with van der Waals surface area (Å²) in [4.78, 5) is 4.04. The number of hydrogen-bond acceptors (Lipinski definition) is 5. The molecule has 0 fully saturated rings. The number of nitrogens with zero attached hydrogens (tertiary/aromatic N) is 2. The average molecular weight is 269 g/mol. The maximum atomic E-state index is 5.14. The van der Waals surface area contributed by atoms with Gasteiger partial charge in [-0.1, -0.05) is 33.2 Å². The van der Waals surface area contributed by atoms with Crippen molar-refractivity contribution in [3.05, 3.63) is 28.2 Å². The number of aromatic nitrogens is 2. The number of aryl methyl sites for hydroxylation is 1. The van der Waals surface area contributed by atoms with Crippen molar-refractivity contribution in [1.29, 1.82) is 0 Å². The highest BCUT2D eigenvalue weighted by Crippen LogP contribution is 2.24. The third-order valence-electron chi connectivity index (χ3n) is 1.98. The van der Waals surface area contributed by atoms with Crippen LogP contribution >= 0.6 is 15.9 Å². The van der Waals surface area contributed by atoms with Crippen LogP contribution in [0, 0.1) is 6.92 Å². The van der Waals surface area contributed by atoms with Crippen molar-refractivity contribution < 1.29 is 4.52 Å². The van der Waals surface area contributed by atoms with Gasteiger partial charge in [-0.15, -0.1) is 0 Å². The topological polar surface area (TPSA) is 77.0 Å². The summed E-state index contributed by atoms with van der Waals surface area (Å²) in [7, 11) is 0. The molecule has 6 heteroatoms. The Morgan fingerprint density at radius 1 is 1.47 bits per heavy atom. The van der Waals surface area contributed by atoms with Gasteiger partial charge < -0.3 is 4.52 Å². The van der Waals surface area contributed by atoms with Crippen LogP contribution in [0.5, 0.6) is 0 Å². The van der Waals surface area contributed by atoms with Crippen LogP contribution in [0.1, 0.15) is 5.56 Å². The van der Waals surface area contributed by atoms with E-state index in [1.807, 2.05) is 25.1 Å². The van der Waals surface area contributed by atoms with E-state index >= 15 is 0 Å². The maximum Gasteiger partial charge on any atom is 0.335 e. The first-order valence-electron chi connectivity index (χ1n) is 4.27. The van der Waals surface area contributed by atoms with Gasteiger partial charge in [0, 0.05) is 10.0 Å². The molecule has 0 aliphatic rings. The van der Waals surface area contributed by atoms with Crippen LogP contribution in [0.15, 0.2) is 27.2 Å². The molecule has 3 N–H and O–H groups in total. The minimum absolute atomic E-state index is 0.196. The predicted octanol–water partition coefficient (Wildman–Crippen LogP) is 2.09. The van der Waals surface area contributed by atoms with Crippen molar-refractivity contribution in [3.63, 3.8) is 0 Å². The molecule has 1 heterocycles. The van der Waals surface area contributed by atoms with Crippen LogP contribution in [-0.2, 0) is 0 Å². The van der Waals surface area contributed by atoms with Gasteiger partial charge in [0.1, 0.15) is 0 Å². The number of benzene rings is 1. The Kier molecular flexibility index (Phi) is 2.70. The molecule has 0 aliphatic carbocycles. The molecule has 78 valence electrons. The Morgan fingerprint density at radius 2 is 2.27 bits per heavy atom. The number of nitrogen functional groups attached to an aromatic ring is 1. The van der Waals surface area contributed by atoms with Crippen molar-refractivity contribution in [3.8, 4) is 11.4 Å². The first kappa shape index (κ1) is 10.1. The lowest BCUT2D eigenvalue weighted by molar-refractivity contribution is 0.432. The molecule has 0 bridgehead atoms. The van der Waals surface area contributed by atoms with Gasteiger partial charge in [-0.05, 0) is 18.6 Å². The van der Waals surface area contributed by atoms with E-state index in [0.29, 0.717) is 5.82 Å². The molecule has 0 amide bonds. The Morgan fingerprint density at radius 3 is 2.87 bits per heavy atom. The van der Waals surface area contributed by atoms with Gasteiger partial charge in [0.05, 0.1) is 0 Å². The van der Waals surface area contributed by atoms with Gasteiger partial charge >= 0.3 is 6.01 Å². The summed E-state index contributed by atoms with van der Waals surface area (Å²) < 4.78 is 5.83. The zero-order valence-corrected chi connectivity index (χ0v) is 9.58. The fraction of sp³-hybridized carbons (Fsp3) is 0.111. The van der Waals surface area contributed by atoms with Crippen molar-refractivity contribution >= 4 is 21.9 Å². The smallest absolute Gasteiger partial charge is 0.314 e. The molecule has 1 aromatic carbocycles. The summed E-state index contributed by atoms with van der Waals surface area (Å²) >= 11 is 3.44. The van der Waals surface area contributed by atoms with Gasteiger partial charge in [0.2, 0.25) is 5.82 Å². The van der Waals surface area contributed by atoms with Gasteiger partial charge in [0.25, 0.3) is 0 Å². The first-order chi connectivity index (χ1) is 7.20. The molecule has 0 spiro atoms. The quantitative estimate of drug-likeness (QED) is 0.644. The van der Waals surface area contributed by atoms with E-state index in [-0.39, 0.29) is 6.01 Å². The molecule has 0 saturated carbocycles. The molecule has 5 nitrogen and oxygen atoms in total. The molecular formula is C9H9BrN4O. The van der Waals surface area contributed by atoms with E-state index in [9.17, 15) is 0 Å². The highest BCUT2D eigenvalue weighted by molar-refractivity contribution is 9.10. The number of hydrazine groups is 1. The van der Waals surface area contributed by atoms with Crippen LogP contribution in [0.2, 0.25) is 0 Å². The van der Waals surface area contributed by atoms with Gasteiger partial charge in [-0.2, -0.15) is 4.98 Å². The maximum absolute atomic E-state index is 5.14. The monoisotopic (exact) mass is 268 g/mol. The Labute approximate surface area is 94.8 Å². The highest BCUT2D eigenvalue weighted by atomic mass is 79.9. The summed E-state index contributed by atoms with van der Waals surface area (Å²) in [6.45, 7) is 2.01. The van der Waals surface area contributed by atoms with E-state index in [0.717, 1.165) is 15.6 Å². The van der Waals surface area contributed by atoms with Crippen LogP contribution < -0.4 is 11.3 Å². The number of nitrogens with two attached hydrogens (primary N) is 1. The summed E-state index contributed by atoms with van der Waals surface area (Å²) in [5.41, 5.74) is 4.32. The summed E-state index contributed by atoms with van der Waals surface area (Å²) in [6.07, 6.45) is 0. The second-order valence-electron chi connectivity index (χ2n) is 3.03. The number of anilines is 1. The Balaban J connectivity index is 2.40. The third kappa shape index (κ3) is 2.00. The summed E-state index contributed by atoms with van der Waals surface area (Å²) in [6, 6.07) is 6.03. The lowest BCUT2D eigenvalue weighted by Crippen LogP contribution is -2.06. The average Bonchev–Trinajstić information content (AvgIpc) is 2.70. The second kappa shape index (κ2) is 4.00. The van der Waals surface area contributed by atoms with Gasteiger partial charge in [-0.25, -0.2) is 5.84 Å². The standard InChI is InChI=1S/C9H9BrN4O/c1-5-2-3-6(4-7(5)10)8-12-9(13-11)15-14-8/h2-4H,11H2,1H3,(H,12,13,14). The van der Waals surface area contributed by atoms with E-state index in [1.165, 1.54) is 0 Å². The minimum Gasteiger partial charge on any atom is -0.314 e. The van der Waals surface area contributed by atoms with Crippen molar-refractivity contribution in [2.24, 2.45) is 5.84 Å². The second-order valence-corrected chi connectivity index (χ2v) is 3.89. The molecule has 15 heavy (non-hydrogen) atoms. The minimum atomic E-state index is 0.196. The highest BCUT2D eigenvalue weighted by Gasteiger charge is 2.08. The van der Waals surface area contributed by atoms with E-state index in [4.69, 9.17) is 10.4 Å². The van der Waals surface area contributed by atoms with Crippen LogP contribution in [-0.4, -0.2) is 10.1 Å². The van der Waals surface area contributed by atoms with Gasteiger partial charge in [0.15, 0.2) is 0 Å². The molecule has 1 aromatic heterocycles. The third-order valence-corrected chi connectivity index (χ3v) is 2.83. The van der Waals surface area contributed by atoms with Crippen LogP contribution in [0.4, 0.5) is 6.01 Å². The molecule has 0 aliphatic heterocycles. The van der Waals surface area contributed by atoms with E-state index < -0.39 is 0 Å². The largest absolute Gasteiger partial charge is 0.335 e. The van der Waals surface area contributed by atoms with Crippen molar-refractivity contribution in [1.82, 2.24) is 10.1 Å². The SMILES string of the molecule is Cc1ccc(-c2noc(NN)n2)cc1Br. The fourth-order valence-corrected chi connectivity index (χ4v) is 1.51. The normalized spacial score (nSPS) is 10.3. The predicted molar refractivity (Wildman–Crippen MR) is 60.0 cm³/mol. The molecule has 0 atom stereocenters. The first-order valence-corrected chi connectivity index (χ1v) is 5.07. The molecule has 0 saturated heterocycles. The Bertz CT molecular complexity index is 483. The zero-order chi connectivity index (χ0) is 10.8. The number of rotatable bonds is 2. The lowest BCUT2D eigenvalue weighted by Gasteiger charge is -1.99. The molecule has 0 radical (unpaired) electrons. The Hall–Kier alpha value is -1.40.